The van der Waals surface area contributed by atoms with Crippen LogP contribution in [0.25, 0.3) is 0 Å². The number of rotatable bonds is 6. The molecule has 3 nitrogen and oxygen atoms in total. The molecule has 0 aliphatic carbocycles. The fourth-order valence-corrected chi connectivity index (χ4v) is 5.51. The fraction of sp³-hybridized carbons (Fsp3) is 0.143. The van der Waals surface area contributed by atoms with Gasteiger partial charge in [-0.1, -0.05) is 66.7 Å². The molecule has 0 spiro atoms. The van der Waals surface area contributed by atoms with Crippen molar-refractivity contribution < 1.29 is 25.5 Å². The molecular formula is C21H20Cl2NO2PPd. The summed E-state index contributed by atoms with van der Waals surface area (Å²) in [6, 6.07) is 26.2. The van der Waals surface area contributed by atoms with Gasteiger partial charge in [-0.3, -0.25) is 9.78 Å². The van der Waals surface area contributed by atoms with E-state index in [9.17, 15) is 4.79 Å². The van der Waals surface area contributed by atoms with Gasteiger partial charge in [-0.25, -0.2) is 0 Å². The van der Waals surface area contributed by atoms with E-state index in [1.54, 1.807) is 6.20 Å². The molecule has 0 fully saturated rings. The number of carbonyl (C=O) groups excluding carboxylic acids is 1. The van der Waals surface area contributed by atoms with Gasteiger partial charge in [0.25, 0.3) is 0 Å². The molecule has 0 radical (unpaired) electrons. The van der Waals surface area contributed by atoms with E-state index in [2.05, 4.69) is 29.2 Å². The van der Waals surface area contributed by atoms with Crippen molar-refractivity contribution in [1.82, 2.24) is 4.98 Å². The van der Waals surface area contributed by atoms with Crippen LogP contribution in [0.4, 0.5) is 0 Å². The van der Waals surface area contributed by atoms with Crippen LogP contribution in [0.1, 0.15) is 5.69 Å². The number of nitrogens with zero attached hydrogens (tertiary/aromatic N) is 1. The second kappa shape index (κ2) is 13.0. The zero-order chi connectivity index (χ0) is 20.2. The molecule has 7 heteroatoms. The number of esters is 1. The van der Waals surface area contributed by atoms with E-state index < -0.39 is 7.92 Å². The number of halogens is 2. The van der Waals surface area contributed by atoms with Gasteiger partial charge >= 0.3 is 41.0 Å². The summed E-state index contributed by atoms with van der Waals surface area (Å²) in [6.45, 7) is 0. The summed E-state index contributed by atoms with van der Waals surface area (Å²) < 4.78 is 5.16. The first kappa shape index (κ1) is 23.0. The molecular weight excluding hydrogens is 507 g/mol. The third-order valence-electron chi connectivity index (χ3n) is 3.98. The number of pyridine rings is 1. The molecule has 1 atom stereocenters. The molecule has 28 heavy (non-hydrogen) atoms. The first-order chi connectivity index (χ1) is 13.7. The van der Waals surface area contributed by atoms with Crippen molar-refractivity contribution in [3.8, 4) is 0 Å². The predicted molar refractivity (Wildman–Crippen MR) is 115 cm³/mol. The van der Waals surface area contributed by atoms with Crippen molar-refractivity contribution >= 4 is 43.6 Å². The third-order valence-corrected chi connectivity index (χ3v) is 6.71. The van der Waals surface area contributed by atoms with E-state index in [4.69, 9.17) is 23.8 Å². The van der Waals surface area contributed by atoms with Crippen LogP contribution < -0.4 is 10.6 Å². The Morgan fingerprint density at radius 2 is 1.46 bits per heavy atom. The van der Waals surface area contributed by atoms with Gasteiger partial charge in [0.05, 0.1) is 12.8 Å². The first-order valence-electron chi connectivity index (χ1n) is 8.40. The Morgan fingerprint density at radius 3 is 1.89 bits per heavy atom. The minimum absolute atomic E-state index is 0.106. The number of benzene rings is 2. The van der Waals surface area contributed by atoms with Gasteiger partial charge in [0.1, 0.15) is 0 Å². The van der Waals surface area contributed by atoms with Gasteiger partial charge in [-0.2, -0.15) is 0 Å². The Bertz CT molecular complexity index is 786. The monoisotopic (exact) mass is 525 g/mol. The predicted octanol–water partition coefficient (Wildman–Crippen LogP) is 4.68. The van der Waals surface area contributed by atoms with Crippen molar-refractivity contribution in [3.63, 3.8) is 0 Å². The van der Waals surface area contributed by atoms with Gasteiger partial charge in [0, 0.05) is 18.3 Å². The van der Waals surface area contributed by atoms with E-state index in [-0.39, 0.29) is 27.6 Å². The Kier molecular flexibility index (Phi) is 10.7. The molecule has 150 valence electrons. The Hall–Kier alpha value is -1.27. The quantitative estimate of drug-likeness (QED) is 0.266. The van der Waals surface area contributed by atoms with E-state index in [0.29, 0.717) is 6.42 Å². The molecule has 1 aromatic heterocycles. The number of methoxy groups -OCH3 is 1. The number of carbonyl (C=O) groups is 1. The van der Waals surface area contributed by atoms with E-state index in [0.717, 1.165) is 16.3 Å². The third kappa shape index (κ3) is 6.96. The SMILES string of the molecule is COC(=O)[C@H](Cc1ccccn1)P(c1ccccc1)c1ccccc1.[Cl][Pd][Cl]. The van der Waals surface area contributed by atoms with Crippen molar-refractivity contribution in [2.75, 3.05) is 7.11 Å². The van der Waals surface area contributed by atoms with Crippen molar-refractivity contribution in [2.24, 2.45) is 0 Å². The van der Waals surface area contributed by atoms with Gasteiger partial charge in [0.15, 0.2) is 0 Å². The Morgan fingerprint density at radius 1 is 0.964 bits per heavy atom. The average molecular weight is 527 g/mol. The summed E-state index contributed by atoms with van der Waals surface area (Å²) >= 11 is -0.106. The zero-order valence-corrected chi connectivity index (χ0v) is 19.1. The van der Waals surface area contributed by atoms with Crippen LogP contribution in [0.3, 0.4) is 0 Å². The molecule has 0 saturated carbocycles. The zero-order valence-electron chi connectivity index (χ0n) is 15.2. The molecule has 0 saturated heterocycles. The maximum absolute atomic E-state index is 12.7. The van der Waals surface area contributed by atoms with E-state index >= 15 is 0 Å². The van der Waals surface area contributed by atoms with Crippen molar-refractivity contribution in [2.45, 2.75) is 12.1 Å². The van der Waals surface area contributed by atoms with Crippen molar-refractivity contribution in [1.29, 1.82) is 0 Å². The summed E-state index contributed by atoms with van der Waals surface area (Å²) in [5.74, 6) is -0.190. The molecule has 3 rings (SSSR count). The molecule has 0 aliphatic rings. The molecule has 1 heterocycles. The molecule has 0 amide bonds. The van der Waals surface area contributed by atoms with Crippen LogP contribution in [0.5, 0.6) is 0 Å². The second-order valence-corrected chi connectivity index (χ2v) is 10.4. The molecule has 0 aliphatic heterocycles. The van der Waals surface area contributed by atoms with Crippen LogP contribution >= 0.6 is 27.0 Å². The number of aromatic nitrogens is 1. The maximum atomic E-state index is 12.7. The van der Waals surface area contributed by atoms with Crippen LogP contribution in [0.15, 0.2) is 85.1 Å². The van der Waals surface area contributed by atoms with Crippen LogP contribution in [-0.4, -0.2) is 23.7 Å². The Balaban J connectivity index is 0.000000878. The van der Waals surface area contributed by atoms with E-state index in [1.165, 1.54) is 7.11 Å². The average Bonchev–Trinajstić information content (AvgIpc) is 2.75. The van der Waals surface area contributed by atoms with Gasteiger partial charge < -0.3 is 4.74 Å². The summed E-state index contributed by atoms with van der Waals surface area (Å²) in [5, 5.41) is 2.32. The normalized spacial score (nSPS) is 11.4. The second-order valence-electron chi connectivity index (χ2n) is 5.65. The van der Waals surface area contributed by atoms with Crippen LogP contribution in [-0.2, 0) is 31.9 Å². The Labute approximate surface area is 183 Å². The van der Waals surface area contributed by atoms with E-state index in [1.807, 2.05) is 54.6 Å². The van der Waals surface area contributed by atoms with Gasteiger partial charge in [-0.15, -0.1) is 0 Å². The number of hydrogen-bond acceptors (Lipinski definition) is 3. The number of hydrogen-bond donors (Lipinski definition) is 0. The van der Waals surface area contributed by atoms with Crippen molar-refractivity contribution in [3.05, 3.63) is 90.8 Å². The topological polar surface area (TPSA) is 39.2 Å². The summed E-state index contributed by atoms with van der Waals surface area (Å²) in [6.07, 6.45) is 2.32. The molecule has 3 aromatic rings. The summed E-state index contributed by atoms with van der Waals surface area (Å²) in [4.78, 5) is 17.1. The van der Waals surface area contributed by atoms with Crippen LogP contribution in [0, 0.1) is 0 Å². The molecule has 2 aromatic carbocycles. The number of ether oxygens (including phenoxy) is 1. The summed E-state index contributed by atoms with van der Waals surface area (Å²) in [7, 11) is 10.2. The van der Waals surface area contributed by atoms with Gasteiger partial charge in [0.2, 0.25) is 0 Å². The summed E-state index contributed by atoms with van der Waals surface area (Å²) in [5.41, 5.74) is 0.622. The minimum atomic E-state index is -0.898. The van der Waals surface area contributed by atoms with Crippen LogP contribution in [0.2, 0.25) is 0 Å². The van der Waals surface area contributed by atoms with Gasteiger partial charge in [-0.05, 0) is 30.7 Å². The standard InChI is InChI=1S/C21H20NO2P.2ClH.Pd/c1-24-21(23)20(16-17-10-8-9-15-22-17)25(18-11-4-2-5-12-18)19-13-6-3-7-14-19;;;/h2-15,20H,16H2,1H3;2*1H;/q;;;+2/p-2/t20-;;;/m0.../s1. The molecule has 0 N–H and O–H groups in total. The fourth-order valence-electron chi connectivity index (χ4n) is 2.82. The first-order valence-corrected chi connectivity index (χ1v) is 13.8. The molecule has 0 bridgehead atoms. The molecule has 0 unspecified atom stereocenters.